The molecule has 5 heteroatoms. The van der Waals surface area contributed by atoms with E-state index < -0.39 is 0 Å². The van der Waals surface area contributed by atoms with Gasteiger partial charge in [0.2, 0.25) is 0 Å². The Balaban J connectivity index is 1.62. The van der Waals surface area contributed by atoms with Crippen LogP contribution in [-0.2, 0) is 4.74 Å². The van der Waals surface area contributed by atoms with Crippen LogP contribution in [0.15, 0.2) is 36.4 Å². The molecule has 1 heterocycles. The van der Waals surface area contributed by atoms with E-state index in [0.29, 0.717) is 22.9 Å². The highest BCUT2D eigenvalue weighted by Gasteiger charge is 2.16. The molecule has 0 bridgehead atoms. The van der Waals surface area contributed by atoms with Gasteiger partial charge in [0.25, 0.3) is 5.91 Å². The fraction of sp³-hybridized carbons (Fsp3) is 0.350. The van der Waals surface area contributed by atoms with E-state index in [2.05, 4.69) is 5.32 Å². The average Bonchev–Trinajstić information content (AvgIpc) is 3.10. The van der Waals surface area contributed by atoms with Crippen LogP contribution in [0, 0.1) is 13.8 Å². The predicted molar refractivity (Wildman–Crippen MR) is 99.8 cm³/mol. The molecule has 0 saturated carbocycles. The van der Waals surface area contributed by atoms with Crippen LogP contribution in [0.2, 0.25) is 5.02 Å². The number of hydrogen-bond acceptors (Lipinski definition) is 3. The minimum atomic E-state index is -0.195. The Bertz CT molecular complexity index is 729. The molecule has 1 atom stereocenters. The Labute approximate surface area is 153 Å². The summed E-state index contributed by atoms with van der Waals surface area (Å²) in [6, 6.07) is 10.9. The Morgan fingerprint density at radius 1 is 1.28 bits per heavy atom. The van der Waals surface area contributed by atoms with Crippen molar-refractivity contribution < 1.29 is 14.3 Å². The van der Waals surface area contributed by atoms with Crippen molar-refractivity contribution in [3.05, 3.63) is 58.1 Å². The molecule has 3 rings (SSSR count). The first kappa shape index (κ1) is 17.8. The van der Waals surface area contributed by atoms with Gasteiger partial charge in [-0.05, 0) is 68.1 Å². The van der Waals surface area contributed by atoms with Gasteiger partial charge < -0.3 is 14.8 Å². The lowest BCUT2D eigenvalue weighted by molar-refractivity contribution is 0.0679. The number of nitrogens with one attached hydrogen (secondary N) is 1. The zero-order valence-electron chi connectivity index (χ0n) is 14.5. The van der Waals surface area contributed by atoms with Crippen molar-refractivity contribution in [3.8, 4) is 5.75 Å². The molecule has 2 aromatic rings. The zero-order valence-corrected chi connectivity index (χ0v) is 15.2. The summed E-state index contributed by atoms with van der Waals surface area (Å²) in [6.07, 6.45) is 2.31. The van der Waals surface area contributed by atoms with Crippen molar-refractivity contribution in [3.63, 3.8) is 0 Å². The van der Waals surface area contributed by atoms with Gasteiger partial charge in [0, 0.05) is 12.2 Å². The molecule has 1 aliphatic heterocycles. The lowest BCUT2D eigenvalue weighted by Crippen LogP contribution is -2.16. The van der Waals surface area contributed by atoms with E-state index in [1.807, 2.05) is 26.0 Å². The number of aryl methyl sites for hydroxylation is 2. The van der Waals surface area contributed by atoms with Crippen molar-refractivity contribution in [2.75, 3.05) is 18.5 Å². The third-order valence-electron chi connectivity index (χ3n) is 4.25. The summed E-state index contributed by atoms with van der Waals surface area (Å²) in [7, 11) is 0. The van der Waals surface area contributed by atoms with E-state index in [9.17, 15) is 4.79 Å². The molecular weight excluding hydrogens is 338 g/mol. The highest BCUT2D eigenvalue weighted by molar-refractivity contribution is 6.34. The lowest BCUT2D eigenvalue weighted by atomic mass is 10.1. The number of carbonyl (C=O) groups is 1. The van der Waals surface area contributed by atoms with Crippen molar-refractivity contribution in [1.82, 2.24) is 0 Å². The van der Waals surface area contributed by atoms with Crippen LogP contribution in [0.4, 0.5) is 5.69 Å². The minimum Gasteiger partial charge on any atom is -0.491 e. The van der Waals surface area contributed by atoms with Crippen LogP contribution >= 0.6 is 11.6 Å². The van der Waals surface area contributed by atoms with E-state index in [1.165, 1.54) is 0 Å². The highest BCUT2D eigenvalue weighted by Crippen LogP contribution is 2.28. The Morgan fingerprint density at radius 3 is 2.68 bits per heavy atom. The maximum atomic E-state index is 12.5. The smallest absolute Gasteiger partial charge is 0.255 e. The van der Waals surface area contributed by atoms with E-state index >= 15 is 0 Å². The van der Waals surface area contributed by atoms with Gasteiger partial charge in [0.1, 0.15) is 12.4 Å². The maximum Gasteiger partial charge on any atom is 0.255 e. The SMILES string of the molecule is Cc1cc(C)c(NC(=O)c2ccc(OCC3CCCO3)cc2)c(Cl)c1. The van der Waals surface area contributed by atoms with Gasteiger partial charge in [-0.15, -0.1) is 0 Å². The van der Waals surface area contributed by atoms with Gasteiger partial charge in [-0.3, -0.25) is 4.79 Å². The molecule has 132 valence electrons. The number of anilines is 1. The normalized spacial score (nSPS) is 16.7. The molecule has 4 nitrogen and oxygen atoms in total. The van der Waals surface area contributed by atoms with Crippen LogP contribution < -0.4 is 10.1 Å². The second-order valence-corrected chi connectivity index (χ2v) is 6.77. The monoisotopic (exact) mass is 359 g/mol. The molecule has 1 saturated heterocycles. The summed E-state index contributed by atoms with van der Waals surface area (Å²) in [6.45, 7) is 5.26. The van der Waals surface area contributed by atoms with Gasteiger partial charge in [0.15, 0.2) is 0 Å². The fourth-order valence-electron chi connectivity index (χ4n) is 2.93. The quantitative estimate of drug-likeness (QED) is 0.836. The summed E-state index contributed by atoms with van der Waals surface area (Å²) in [5.74, 6) is 0.538. The first-order valence-electron chi connectivity index (χ1n) is 8.45. The summed E-state index contributed by atoms with van der Waals surface area (Å²) >= 11 is 6.25. The molecule has 1 unspecified atom stereocenters. The van der Waals surface area contributed by atoms with Crippen molar-refractivity contribution in [1.29, 1.82) is 0 Å². The topological polar surface area (TPSA) is 47.6 Å². The second-order valence-electron chi connectivity index (χ2n) is 6.36. The third-order valence-corrected chi connectivity index (χ3v) is 4.54. The minimum absolute atomic E-state index is 0.176. The summed E-state index contributed by atoms with van der Waals surface area (Å²) in [5, 5.41) is 3.43. The van der Waals surface area contributed by atoms with Gasteiger partial charge in [0.05, 0.1) is 16.8 Å². The first-order chi connectivity index (χ1) is 12.0. The van der Waals surface area contributed by atoms with E-state index in [1.54, 1.807) is 24.3 Å². The Hall–Kier alpha value is -2.04. The molecule has 1 N–H and O–H groups in total. The van der Waals surface area contributed by atoms with Crippen LogP contribution in [0.3, 0.4) is 0 Å². The molecule has 25 heavy (non-hydrogen) atoms. The molecule has 0 aromatic heterocycles. The number of ether oxygens (including phenoxy) is 2. The number of carbonyl (C=O) groups excluding carboxylic acids is 1. The molecule has 1 fully saturated rings. The highest BCUT2D eigenvalue weighted by atomic mass is 35.5. The molecule has 1 amide bonds. The predicted octanol–water partition coefficient (Wildman–Crippen LogP) is 4.77. The van der Waals surface area contributed by atoms with E-state index in [0.717, 1.165) is 36.3 Å². The molecule has 0 aliphatic carbocycles. The first-order valence-corrected chi connectivity index (χ1v) is 8.83. The maximum absolute atomic E-state index is 12.5. The second kappa shape index (κ2) is 7.89. The van der Waals surface area contributed by atoms with Crippen molar-refractivity contribution in [2.24, 2.45) is 0 Å². The molecular formula is C20H22ClNO3. The fourth-order valence-corrected chi connectivity index (χ4v) is 3.30. The third kappa shape index (κ3) is 4.53. The van der Waals surface area contributed by atoms with Gasteiger partial charge in [-0.1, -0.05) is 17.7 Å². The summed E-state index contributed by atoms with van der Waals surface area (Å²) in [4.78, 5) is 12.5. The zero-order chi connectivity index (χ0) is 17.8. The van der Waals surface area contributed by atoms with Gasteiger partial charge in [-0.25, -0.2) is 0 Å². The standard InChI is InChI=1S/C20H22ClNO3/c1-13-10-14(2)19(18(21)11-13)22-20(23)15-5-7-16(8-6-15)25-12-17-4-3-9-24-17/h5-8,10-11,17H,3-4,9,12H2,1-2H3,(H,22,23). The molecule has 0 spiro atoms. The van der Waals surface area contributed by atoms with Crippen molar-refractivity contribution in [2.45, 2.75) is 32.8 Å². The van der Waals surface area contributed by atoms with Crippen molar-refractivity contribution >= 4 is 23.2 Å². The van der Waals surface area contributed by atoms with Gasteiger partial charge in [-0.2, -0.15) is 0 Å². The van der Waals surface area contributed by atoms with Crippen LogP contribution in [-0.4, -0.2) is 25.2 Å². The molecule has 2 aromatic carbocycles. The van der Waals surface area contributed by atoms with Crippen LogP contribution in [0.1, 0.15) is 34.3 Å². The number of amides is 1. The van der Waals surface area contributed by atoms with Crippen LogP contribution in [0.5, 0.6) is 5.75 Å². The summed E-state index contributed by atoms with van der Waals surface area (Å²) < 4.78 is 11.2. The number of halogens is 1. The lowest BCUT2D eigenvalue weighted by Gasteiger charge is -2.13. The largest absolute Gasteiger partial charge is 0.491 e. The number of benzene rings is 2. The van der Waals surface area contributed by atoms with Crippen LogP contribution in [0.25, 0.3) is 0 Å². The van der Waals surface area contributed by atoms with E-state index in [-0.39, 0.29) is 12.0 Å². The van der Waals surface area contributed by atoms with E-state index in [4.69, 9.17) is 21.1 Å². The Kier molecular flexibility index (Phi) is 5.61. The summed E-state index contributed by atoms with van der Waals surface area (Å²) in [5.41, 5.74) is 3.21. The Morgan fingerprint density at radius 2 is 2.04 bits per heavy atom. The average molecular weight is 360 g/mol. The molecule has 1 aliphatic rings. The molecule has 0 radical (unpaired) electrons. The number of rotatable bonds is 5. The van der Waals surface area contributed by atoms with Gasteiger partial charge >= 0.3 is 0 Å². The number of hydrogen-bond donors (Lipinski definition) is 1.